The van der Waals surface area contributed by atoms with E-state index in [-0.39, 0.29) is 18.2 Å². The molecule has 0 spiro atoms. The lowest BCUT2D eigenvalue weighted by Gasteiger charge is -2.24. The van der Waals surface area contributed by atoms with Crippen LogP contribution in [0.25, 0.3) is 0 Å². The molecule has 1 atom stereocenters. The van der Waals surface area contributed by atoms with Crippen LogP contribution < -0.4 is 10.2 Å². The van der Waals surface area contributed by atoms with E-state index in [1.54, 1.807) is 23.2 Å². The molecule has 1 aliphatic heterocycles. The fourth-order valence-electron chi connectivity index (χ4n) is 3.38. The molecule has 1 aromatic heterocycles. The van der Waals surface area contributed by atoms with E-state index in [2.05, 4.69) is 26.2 Å². The van der Waals surface area contributed by atoms with Gasteiger partial charge in [0.1, 0.15) is 0 Å². The molecule has 2 amide bonds. The molecule has 0 radical (unpaired) electrons. The molecular formula is C22H18BrN3O2. The first-order valence-corrected chi connectivity index (χ1v) is 9.77. The highest BCUT2D eigenvalue weighted by molar-refractivity contribution is 9.10. The summed E-state index contributed by atoms with van der Waals surface area (Å²) in [7, 11) is 0. The van der Waals surface area contributed by atoms with Crippen LogP contribution in [-0.4, -0.2) is 16.8 Å². The zero-order valence-corrected chi connectivity index (χ0v) is 16.6. The molecule has 0 fully saturated rings. The van der Waals surface area contributed by atoms with Crippen LogP contribution in [0.1, 0.15) is 34.1 Å². The normalized spacial score (nSPS) is 15.4. The average molecular weight is 436 g/mol. The molecule has 3 aromatic rings. The van der Waals surface area contributed by atoms with Crippen LogP contribution in [0.2, 0.25) is 0 Å². The fraction of sp³-hybridized carbons (Fsp3) is 0.136. The second kappa shape index (κ2) is 7.94. The molecule has 5 nitrogen and oxygen atoms in total. The highest BCUT2D eigenvalue weighted by Gasteiger charge is 2.39. The Morgan fingerprint density at radius 1 is 1.04 bits per heavy atom. The van der Waals surface area contributed by atoms with Crippen molar-refractivity contribution in [3.63, 3.8) is 0 Å². The Morgan fingerprint density at radius 3 is 2.54 bits per heavy atom. The van der Waals surface area contributed by atoms with E-state index in [0.29, 0.717) is 17.8 Å². The van der Waals surface area contributed by atoms with Crippen molar-refractivity contribution >= 4 is 33.4 Å². The number of benzene rings is 2. The summed E-state index contributed by atoms with van der Waals surface area (Å²) in [6.07, 6.45) is 1.81. The summed E-state index contributed by atoms with van der Waals surface area (Å²) >= 11 is 3.40. The van der Waals surface area contributed by atoms with E-state index in [1.807, 2.05) is 54.6 Å². The Hall–Kier alpha value is -2.99. The standard InChI is InChI=1S/C22H18BrN3O2/c23-16-10-8-15(9-11-16)14-25-20(27)13-19-21-18(7-4-12-24-21)22(28)26(19)17-5-2-1-3-6-17/h1-12,19H,13-14H2,(H,25,27)/t19-/m1/s1. The van der Waals surface area contributed by atoms with Gasteiger partial charge in [0.25, 0.3) is 5.91 Å². The SMILES string of the molecule is O=C(C[C@@H]1c2ncccc2C(=O)N1c1ccccc1)NCc1ccc(Br)cc1. The third-order valence-corrected chi connectivity index (χ3v) is 5.26. The minimum atomic E-state index is -0.420. The minimum Gasteiger partial charge on any atom is -0.352 e. The van der Waals surface area contributed by atoms with Gasteiger partial charge in [0.15, 0.2) is 0 Å². The van der Waals surface area contributed by atoms with Gasteiger partial charge in [0.2, 0.25) is 5.91 Å². The van der Waals surface area contributed by atoms with Crippen LogP contribution in [0.4, 0.5) is 5.69 Å². The Bertz CT molecular complexity index is 1010. The number of nitrogens with zero attached hydrogens (tertiary/aromatic N) is 2. The summed E-state index contributed by atoms with van der Waals surface area (Å²) in [4.78, 5) is 31.7. The fourth-order valence-corrected chi connectivity index (χ4v) is 3.65. The summed E-state index contributed by atoms with van der Waals surface area (Å²) in [6, 6.07) is 20.3. The number of nitrogens with one attached hydrogen (secondary N) is 1. The number of hydrogen-bond acceptors (Lipinski definition) is 3. The van der Waals surface area contributed by atoms with Gasteiger partial charge in [-0.2, -0.15) is 0 Å². The maximum atomic E-state index is 13.0. The summed E-state index contributed by atoms with van der Waals surface area (Å²) in [5.41, 5.74) is 2.97. The van der Waals surface area contributed by atoms with E-state index < -0.39 is 6.04 Å². The maximum absolute atomic E-state index is 13.0. The second-order valence-corrected chi connectivity index (χ2v) is 7.49. The van der Waals surface area contributed by atoms with Gasteiger partial charge >= 0.3 is 0 Å². The Morgan fingerprint density at radius 2 is 1.79 bits per heavy atom. The van der Waals surface area contributed by atoms with Crippen molar-refractivity contribution in [3.8, 4) is 0 Å². The predicted molar refractivity (Wildman–Crippen MR) is 111 cm³/mol. The highest BCUT2D eigenvalue weighted by Crippen LogP contribution is 2.38. The van der Waals surface area contributed by atoms with Gasteiger partial charge in [0.05, 0.1) is 23.7 Å². The number of anilines is 1. The topological polar surface area (TPSA) is 62.3 Å². The zero-order chi connectivity index (χ0) is 19.5. The number of rotatable bonds is 5. The molecule has 2 heterocycles. The largest absolute Gasteiger partial charge is 0.352 e. The molecule has 0 unspecified atom stereocenters. The third kappa shape index (κ3) is 3.68. The van der Waals surface area contributed by atoms with E-state index in [4.69, 9.17) is 0 Å². The van der Waals surface area contributed by atoms with Gasteiger partial charge in [-0.15, -0.1) is 0 Å². The van der Waals surface area contributed by atoms with E-state index in [0.717, 1.165) is 15.7 Å². The molecule has 28 heavy (non-hydrogen) atoms. The van der Waals surface area contributed by atoms with Crippen molar-refractivity contribution in [1.82, 2.24) is 10.3 Å². The number of para-hydroxylation sites is 1. The van der Waals surface area contributed by atoms with Gasteiger partial charge in [0, 0.05) is 22.9 Å². The molecule has 6 heteroatoms. The van der Waals surface area contributed by atoms with Crippen LogP contribution in [-0.2, 0) is 11.3 Å². The first-order valence-electron chi connectivity index (χ1n) is 8.98. The number of pyridine rings is 1. The van der Waals surface area contributed by atoms with Crippen molar-refractivity contribution < 1.29 is 9.59 Å². The van der Waals surface area contributed by atoms with E-state index in [1.165, 1.54) is 0 Å². The lowest BCUT2D eigenvalue weighted by molar-refractivity contribution is -0.121. The summed E-state index contributed by atoms with van der Waals surface area (Å²) < 4.78 is 0.994. The smallest absolute Gasteiger partial charge is 0.260 e. The predicted octanol–water partition coefficient (Wildman–Crippen LogP) is 4.25. The zero-order valence-electron chi connectivity index (χ0n) is 15.0. The Balaban J connectivity index is 1.54. The molecule has 1 aliphatic rings. The number of amides is 2. The van der Waals surface area contributed by atoms with Crippen molar-refractivity contribution in [3.05, 3.63) is 94.2 Å². The number of hydrogen-bond donors (Lipinski definition) is 1. The number of halogens is 1. The lowest BCUT2D eigenvalue weighted by Crippen LogP contribution is -2.32. The van der Waals surface area contributed by atoms with Crippen molar-refractivity contribution in [2.45, 2.75) is 19.0 Å². The van der Waals surface area contributed by atoms with Crippen LogP contribution >= 0.6 is 15.9 Å². The quantitative estimate of drug-likeness (QED) is 0.651. The maximum Gasteiger partial charge on any atom is 0.260 e. The molecule has 140 valence electrons. The van der Waals surface area contributed by atoms with Gasteiger partial charge in [-0.05, 0) is 42.0 Å². The Kier molecular flexibility index (Phi) is 5.21. The molecule has 1 N–H and O–H groups in total. The number of carbonyl (C=O) groups is 2. The minimum absolute atomic E-state index is 0.125. The summed E-state index contributed by atoms with van der Waals surface area (Å²) in [5, 5.41) is 2.94. The van der Waals surface area contributed by atoms with Crippen LogP contribution in [0, 0.1) is 0 Å². The third-order valence-electron chi connectivity index (χ3n) is 4.73. The van der Waals surface area contributed by atoms with Gasteiger partial charge in [-0.25, -0.2) is 0 Å². The van der Waals surface area contributed by atoms with Crippen molar-refractivity contribution in [2.75, 3.05) is 4.90 Å². The first-order chi connectivity index (χ1) is 13.6. The highest BCUT2D eigenvalue weighted by atomic mass is 79.9. The first kappa shape index (κ1) is 18.4. The molecule has 4 rings (SSSR count). The molecule has 0 bridgehead atoms. The van der Waals surface area contributed by atoms with Crippen LogP contribution in [0.3, 0.4) is 0 Å². The lowest BCUT2D eigenvalue weighted by atomic mass is 10.1. The van der Waals surface area contributed by atoms with Crippen LogP contribution in [0.5, 0.6) is 0 Å². The van der Waals surface area contributed by atoms with Gasteiger partial charge in [-0.3, -0.25) is 19.5 Å². The summed E-state index contributed by atoms with van der Waals surface area (Å²) in [6.45, 7) is 0.438. The molecule has 2 aromatic carbocycles. The van der Waals surface area contributed by atoms with Crippen molar-refractivity contribution in [1.29, 1.82) is 0 Å². The number of aromatic nitrogens is 1. The average Bonchev–Trinajstić information content (AvgIpc) is 3.00. The second-order valence-electron chi connectivity index (χ2n) is 6.57. The van der Waals surface area contributed by atoms with Gasteiger partial charge < -0.3 is 5.32 Å². The molecule has 0 saturated carbocycles. The summed E-state index contributed by atoms with van der Waals surface area (Å²) in [5.74, 6) is -0.250. The number of carbonyl (C=O) groups excluding carboxylic acids is 2. The van der Waals surface area contributed by atoms with E-state index >= 15 is 0 Å². The molecular weight excluding hydrogens is 418 g/mol. The van der Waals surface area contributed by atoms with Crippen LogP contribution in [0.15, 0.2) is 77.4 Å². The van der Waals surface area contributed by atoms with E-state index in [9.17, 15) is 9.59 Å². The molecule has 0 aliphatic carbocycles. The van der Waals surface area contributed by atoms with Crippen molar-refractivity contribution in [2.24, 2.45) is 0 Å². The molecule has 0 saturated heterocycles. The number of fused-ring (bicyclic) bond motifs is 1. The Labute approximate surface area is 171 Å². The van der Waals surface area contributed by atoms with Gasteiger partial charge in [-0.1, -0.05) is 46.3 Å². The monoisotopic (exact) mass is 435 g/mol.